The Morgan fingerprint density at radius 1 is 1.19 bits per heavy atom. The lowest BCUT2D eigenvalue weighted by atomic mass is 10.1. The Bertz CT molecular complexity index is 657. The van der Waals surface area contributed by atoms with E-state index in [9.17, 15) is 8.78 Å². The van der Waals surface area contributed by atoms with Crippen molar-refractivity contribution >= 4 is 15.9 Å². The Morgan fingerprint density at radius 2 is 1.90 bits per heavy atom. The maximum absolute atomic E-state index is 13.6. The second-order valence-electron chi connectivity index (χ2n) is 3.63. The minimum Gasteiger partial charge on any atom is -0.471 e. The lowest BCUT2D eigenvalue weighted by molar-refractivity contribution is 0.271. The molecule has 1 aromatic heterocycles. The first kappa shape index (κ1) is 17.1. The molecule has 0 N–H and O–H groups in total. The SMILES string of the molecule is CC.N#Cc1ccc(COc2nc(Br)ccc2F)c(F)c1. The molecule has 0 saturated heterocycles. The summed E-state index contributed by atoms with van der Waals surface area (Å²) in [5, 5.41) is 8.62. The molecule has 21 heavy (non-hydrogen) atoms. The zero-order chi connectivity index (χ0) is 15.8. The zero-order valence-electron chi connectivity index (χ0n) is 11.5. The van der Waals surface area contributed by atoms with E-state index in [0.29, 0.717) is 4.60 Å². The fourth-order valence-electron chi connectivity index (χ4n) is 1.38. The summed E-state index contributed by atoms with van der Waals surface area (Å²) >= 11 is 3.09. The van der Waals surface area contributed by atoms with Crippen molar-refractivity contribution in [2.75, 3.05) is 0 Å². The number of pyridine rings is 1. The van der Waals surface area contributed by atoms with Crippen LogP contribution >= 0.6 is 15.9 Å². The van der Waals surface area contributed by atoms with Crippen LogP contribution in [0.2, 0.25) is 0 Å². The van der Waals surface area contributed by atoms with Crippen molar-refractivity contribution < 1.29 is 13.5 Å². The molecule has 6 heteroatoms. The Morgan fingerprint density at radius 3 is 2.52 bits per heavy atom. The van der Waals surface area contributed by atoms with Gasteiger partial charge >= 0.3 is 0 Å². The number of halogens is 3. The molecule has 0 unspecified atom stereocenters. The molecule has 2 rings (SSSR count). The van der Waals surface area contributed by atoms with Crippen molar-refractivity contribution in [3.05, 3.63) is 57.7 Å². The predicted octanol–water partition coefficient (Wildman–Crippen LogP) is 4.60. The normalized spacial score (nSPS) is 9.33. The number of rotatable bonds is 3. The quantitative estimate of drug-likeness (QED) is 0.756. The minimum atomic E-state index is -0.628. The third kappa shape index (κ3) is 4.80. The Balaban J connectivity index is 0.00000106. The molecule has 0 spiro atoms. The minimum absolute atomic E-state index is 0.169. The van der Waals surface area contributed by atoms with Crippen LogP contribution in [0.5, 0.6) is 5.88 Å². The molecule has 3 nitrogen and oxygen atoms in total. The van der Waals surface area contributed by atoms with E-state index in [4.69, 9.17) is 10.00 Å². The summed E-state index contributed by atoms with van der Waals surface area (Å²) in [6.45, 7) is 3.83. The van der Waals surface area contributed by atoms with Crippen LogP contribution in [0.15, 0.2) is 34.9 Å². The third-order valence-electron chi connectivity index (χ3n) is 2.33. The van der Waals surface area contributed by atoms with Crippen molar-refractivity contribution in [1.82, 2.24) is 4.98 Å². The fourth-order valence-corrected chi connectivity index (χ4v) is 1.68. The summed E-state index contributed by atoms with van der Waals surface area (Å²) < 4.78 is 32.5. The van der Waals surface area contributed by atoms with Crippen molar-refractivity contribution in [3.63, 3.8) is 0 Å². The van der Waals surface area contributed by atoms with Crippen LogP contribution in [0.4, 0.5) is 8.78 Å². The van der Waals surface area contributed by atoms with E-state index in [1.54, 1.807) is 0 Å². The number of nitriles is 1. The Kier molecular flexibility index (Phi) is 6.76. The van der Waals surface area contributed by atoms with Crippen LogP contribution in [0.25, 0.3) is 0 Å². The predicted molar refractivity (Wildman–Crippen MR) is 78.7 cm³/mol. The van der Waals surface area contributed by atoms with Gasteiger partial charge in [-0.25, -0.2) is 13.8 Å². The largest absolute Gasteiger partial charge is 0.471 e. The lowest BCUT2D eigenvalue weighted by Crippen LogP contribution is -2.02. The molecule has 0 aliphatic heterocycles. The maximum Gasteiger partial charge on any atom is 0.251 e. The third-order valence-corrected chi connectivity index (χ3v) is 2.77. The van der Waals surface area contributed by atoms with Crippen LogP contribution in [0.3, 0.4) is 0 Å². The molecule has 1 heterocycles. The molecule has 2 aromatic rings. The molecule has 1 aromatic carbocycles. The summed E-state index contributed by atoms with van der Waals surface area (Å²) in [6.07, 6.45) is 0. The smallest absolute Gasteiger partial charge is 0.251 e. The van der Waals surface area contributed by atoms with Gasteiger partial charge in [-0.1, -0.05) is 19.9 Å². The summed E-state index contributed by atoms with van der Waals surface area (Å²) in [4.78, 5) is 3.80. The zero-order valence-corrected chi connectivity index (χ0v) is 13.1. The highest BCUT2D eigenvalue weighted by Gasteiger charge is 2.09. The van der Waals surface area contributed by atoms with Crippen molar-refractivity contribution in [3.8, 4) is 11.9 Å². The van der Waals surface area contributed by atoms with Crippen LogP contribution < -0.4 is 4.74 Å². The van der Waals surface area contributed by atoms with Crippen molar-refractivity contribution in [2.24, 2.45) is 0 Å². The first-order valence-corrected chi connectivity index (χ1v) is 7.03. The van der Waals surface area contributed by atoms with Gasteiger partial charge in [-0.3, -0.25) is 0 Å². The van der Waals surface area contributed by atoms with Gasteiger partial charge in [0.2, 0.25) is 0 Å². The monoisotopic (exact) mass is 354 g/mol. The highest BCUT2D eigenvalue weighted by molar-refractivity contribution is 9.10. The average molecular weight is 355 g/mol. The van der Waals surface area contributed by atoms with E-state index >= 15 is 0 Å². The fraction of sp³-hybridized carbons (Fsp3) is 0.200. The van der Waals surface area contributed by atoms with E-state index < -0.39 is 11.6 Å². The van der Waals surface area contributed by atoms with E-state index in [1.807, 2.05) is 19.9 Å². The van der Waals surface area contributed by atoms with Crippen molar-refractivity contribution in [2.45, 2.75) is 20.5 Å². The molecular formula is C15H13BrF2N2O. The number of hydrogen-bond acceptors (Lipinski definition) is 3. The molecule has 0 radical (unpaired) electrons. The summed E-state index contributed by atoms with van der Waals surface area (Å²) in [5.74, 6) is -1.41. The highest BCUT2D eigenvalue weighted by Crippen LogP contribution is 2.19. The van der Waals surface area contributed by atoms with E-state index in [2.05, 4.69) is 20.9 Å². The van der Waals surface area contributed by atoms with Crippen LogP contribution in [-0.2, 0) is 6.61 Å². The molecule has 0 aliphatic carbocycles. The summed E-state index contributed by atoms with van der Waals surface area (Å²) in [7, 11) is 0. The second kappa shape index (κ2) is 8.32. The van der Waals surface area contributed by atoms with Gasteiger partial charge < -0.3 is 4.74 Å². The number of hydrogen-bond donors (Lipinski definition) is 0. The van der Waals surface area contributed by atoms with Crippen LogP contribution in [0.1, 0.15) is 25.0 Å². The summed E-state index contributed by atoms with van der Waals surface area (Å²) in [5.41, 5.74) is 0.438. The number of benzene rings is 1. The molecular weight excluding hydrogens is 342 g/mol. The van der Waals surface area contributed by atoms with Crippen molar-refractivity contribution in [1.29, 1.82) is 5.26 Å². The van der Waals surface area contributed by atoms with Gasteiger partial charge in [0.25, 0.3) is 5.88 Å². The lowest BCUT2D eigenvalue weighted by Gasteiger charge is -2.07. The number of aromatic nitrogens is 1. The van der Waals surface area contributed by atoms with Crippen LogP contribution in [-0.4, -0.2) is 4.98 Å². The topological polar surface area (TPSA) is 45.9 Å². The Labute approximate surface area is 130 Å². The van der Waals surface area contributed by atoms with E-state index in [1.165, 1.54) is 24.3 Å². The molecule has 0 atom stereocenters. The maximum atomic E-state index is 13.6. The first-order valence-electron chi connectivity index (χ1n) is 6.23. The number of nitrogens with zero attached hydrogens (tertiary/aromatic N) is 2. The molecule has 0 fully saturated rings. The molecule has 0 saturated carbocycles. The van der Waals surface area contributed by atoms with Crippen LogP contribution in [0, 0.1) is 23.0 Å². The molecule has 0 bridgehead atoms. The van der Waals surface area contributed by atoms with E-state index in [0.717, 1.165) is 6.07 Å². The number of ether oxygens (including phenoxy) is 1. The average Bonchev–Trinajstić information content (AvgIpc) is 2.51. The van der Waals surface area contributed by atoms with Gasteiger partial charge in [-0.05, 0) is 40.2 Å². The van der Waals surface area contributed by atoms with E-state index in [-0.39, 0.29) is 23.6 Å². The van der Waals surface area contributed by atoms with Gasteiger partial charge in [-0.15, -0.1) is 0 Å². The molecule has 0 amide bonds. The molecule has 0 aliphatic rings. The van der Waals surface area contributed by atoms with Gasteiger partial charge in [0.1, 0.15) is 17.0 Å². The van der Waals surface area contributed by atoms with Gasteiger partial charge in [0, 0.05) is 5.56 Å². The van der Waals surface area contributed by atoms with Gasteiger partial charge in [0.15, 0.2) is 5.82 Å². The summed E-state index contributed by atoms with van der Waals surface area (Å²) in [6, 6.07) is 8.44. The Hall–Kier alpha value is -2.00. The second-order valence-corrected chi connectivity index (χ2v) is 4.44. The van der Waals surface area contributed by atoms with Gasteiger partial charge in [0.05, 0.1) is 11.6 Å². The van der Waals surface area contributed by atoms with Gasteiger partial charge in [-0.2, -0.15) is 5.26 Å². The first-order chi connectivity index (χ1) is 10.1. The standard InChI is InChI=1S/C13H7BrF2N2O.C2H6/c14-12-4-3-10(15)13(18-12)19-7-9-2-1-8(6-17)5-11(9)16;1-2/h1-5H,7H2;1-2H3. The molecule has 110 valence electrons. The highest BCUT2D eigenvalue weighted by atomic mass is 79.9.